The molecule has 9 heteroatoms. The van der Waals surface area contributed by atoms with Crippen LogP contribution in [0.25, 0.3) is 0 Å². The second kappa shape index (κ2) is 8.16. The lowest BCUT2D eigenvalue weighted by Gasteiger charge is -2.16. The van der Waals surface area contributed by atoms with Crippen LogP contribution in [-0.4, -0.2) is 13.1 Å². The summed E-state index contributed by atoms with van der Waals surface area (Å²) >= 11 is 7.46. The van der Waals surface area contributed by atoms with E-state index in [1.54, 1.807) is 6.07 Å². The average molecular weight is 440 g/mol. The molecule has 0 amide bonds. The Hall–Kier alpha value is -1.38. The predicted octanol–water partition coefficient (Wildman–Crippen LogP) is 6.36. The Bertz CT molecular complexity index is 830. The van der Waals surface area contributed by atoms with Gasteiger partial charge < -0.3 is 5.32 Å². The number of nitrogens with one attached hydrogen (secondary N) is 1. The van der Waals surface area contributed by atoms with E-state index in [1.807, 2.05) is 6.07 Å². The molecule has 0 atom stereocenters. The molecule has 0 saturated heterocycles. The quantitative estimate of drug-likeness (QED) is 0.441. The first kappa shape index (κ1) is 21.3. The summed E-state index contributed by atoms with van der Waals surface area (Å²) in [5, 5.41) is 3.71. The van der Waals surface area contributed by atoms with E-state index in [2.05, 4.69) is 5.32 Å². The van der Waals surface area contributed by atoms with Crippen molar-refractivity contribution in [1.29, 1.82) is 0 Å². The van der Waals surface area contributed by atoms with Crippen molar-refractivity contribution in [2.45, 2.75) is 35.8 Å². The maximum atomic E-state index is 13.0. The summed E-state index contributed by atoms with van der Waals surface area (Å²) in [5.41, 5.74) is -0.560. The zero-order chi connectivity index (χ0) is 20.5. The molecule has 0 aliphatic carbocycles. The molecular formula is C19H16ClF6NS. The lowest BCUT2D eigenvalue weighted by atomic mass is 10.0. The van der Waals surface area contributed by atoms with Gasteiger partial charge in [0.05, 0.1) is 16.1 Å². The first-order valence-corrected chi connectivity index (χ1v) is 9.84. The molecule has 0 bridgehead atoms. The molecule has 1 heterocycles. The molecule has 2 aromatic rings. The summed E-state index contributed by atoms with van der Waals surface area (Å²) in [4.78, 5) is 0.717. The topological polar surface area (TPSA) is 12.0 Å². The number of hydrogen-bond donors (Lipinski definition) is 1. The first-order chi connectivity index (χ1) is 13.1. The molecule has 1 nitrogen and oxygen atoms in total. The van der Waals surface area contributed by atoms with Crippen LogP contribution in [0, 0.1) is 0 Å². The molecule has 3 rings (SSSR count). The van der Waals surface area contributed by atoms with Crippen LogP contribution in [0.4, 0.5) is 26.3 Å². The third-order valence-electron chi connectivity index (χ3n) is 4.46. The van der Waals surface area contributed by atoms with Gasteiger partial charge in [-0.25, -0.2) is 0 Å². The molecule has 1 N–H and O–H groups in total. The Labute approximate surface area is 167 Å². The molecule has 0 fully saturated rings. The smallest absolute Gasteiger partial charge is 0.316 e. The summed E-state index contributed by atoms with van der Waals surface area (Å²) in [6.07, 6.45) is -8.21. The fourth-order valence-corrected chi connectivity index (χ4v) is 4.56. The predicted molar refractivity (Wildman–Crippen MR) is 97.7 cm³/mol. The SMILES string of the molecule is FC(F)(F)c1cc(CSc2c(Cl)ccc3c2CCNCC3)cc(C(F)(F)F)c1. The average Bonchev–Trinajstić information content (AvgIpc) is 2.84. The normalized spacial score (nSPS) is 15.2. The van der Waals surface area contributed by atoms with Crippen LogP contribution in [0.3, 0.4) is 0 Å². The van der Waals surface area contributed by atoms with Gasteiger partial charge >= 0.3 is 12.4 Å². The standard InChI is InChI=1S/C19H16ClF6NS/c20-16-2-1-12-3-5-27-6-4-15(12)17(16)28-10-11-7-13(18(21,22)23)9-14(8-11)19(24,25)26/h1-2,7-9,27H,3-6,10H2. The van der Waals surface area contributed by atoms with Crippen molar-refractivity contribution in [1.82, 2.24) is 5.32 Å². The van der Waals surface area contributed by atoms with E-state index in [-0.39, 0.29) is 17.4 Å². The molecule has 0 spiro atoms. The monoisotopic (exact) mass is 439 g/mol. The van der Waals surface area contributed by atoms with E-state index in [9.17, 15) is 26.3 Å². The number of halogens is 7. The van der Waals surface area contributed by atoms with Crippen molar-refractivity contribution in [3.63, 3.8) is 0 Å². The van der Waals surface area contributed by atoms with Crippen molar-refractivity contribution >= 4 is 23.4 Å². The molecular weight excluding hydrogens is 424 g/mol. The minimum Gasteiger partial charge on any atom is -0.316 e. The van der Waals surface area contributed by atoms with Gasteiger partial charge in [-0.15, -0.1) is 11.8 Å². The number of benzene rings is 2. The summed E-state index contributed by atoms with van der Waals surface area (Å²) < 4.78 is 78.2. The number of thioether (sulfide) groups is 1. The molecule has 1 aliphatic rings. The Balaban J connectivity index is 1.93. The van der Waals surface area contributed by atoms with Crippen LogP contribution in [-0.2, 0) is 30.9 Å². The minimum absolute atomic E-state index is 0.0450. The van der Waals surface area contributed by atoms with Gasteiger partial charge in [-0.2, -0.15) is 26.3 Å². The molecule has 152 valence electrons. The van der Waals surface area contributed by atoms with E-state index in [4.69, 9.17) is 11.6 Å². The van der Waals surface area contributed by atoms with Gasteiger partial charge in [0.15, 0.2) is 0 Å². The number of hydrogen-bond acceptors (Lipinski definition) is 2. The number of rotatable bonds is 3. The molecule has 0 unspecified atom stereocenters. The van der Waals surface area contributed by atoms with Gasteiger partial charge in [0.2, 0.25) is 0 Å². The molecule has 0 radical (unpaired) electrons. The van der Waals surface area contributed by atoms with Crippen molar-refractivity contribution < 1.29 is 26.3 Å². The van der Waals surface area contributed by atoms with Crippen LogP contribution in [0.15, 0.2) is 35.2 Å². The Morgan fingerprint density at radius 3 is 2.11 bits per heavy atom. The lowest BCUT2D eigenvalue weighted by molar-refractivity contribution is -0.143. The van der Waals surface area contributed by atoms with Crippen molar-refractivity contribution in [2.75, 3.05) is 13.1 Å². The lowest BCUT2D eigenvalue weighted by Crippen LogP contribution is -2.16. The number of alkyl halides is 6. The zero-order valence-corrected chi connectivity index (χ0v) is 16.0. The van der Waals surface area contributed by atoms with Gasteiger partial charge in [0.1, 0.15) is 0 Å². The summed E-state index contributed by atoms with van der Waals surface area (Å²) in [6.45, 7) is 1.55. The Kier molecular flexibility index (Phi) is 6.22. The highest BCUT2D eigenvalue weighted by atomic mass is 35.5. The molecule has 0 aromatic heterocycles. The van der Waals surface area contributed by atoms with E-state index in [0.717, 1.165) is 42.8 Å². The fourth-order valence-electron chi connectivity index (χ4n) is 3.12. The highest BCUT2D eigenvalue weighted by Crippen LogP contribution is 2.39. The van der Waals surface area contributed by atoms with Crippen LogP contribution in [0.5, 0.6) is 0 Å². The van der Waals surface area contributed by atoms with E-state index in [1.165, 1.54) is 11.8 Å². The van der Waals surface area contributed by atoms with Gasteiger partial charge in [0, 0.05) is 10.6 Å². The summed E-state index contributed by atoms with van der Waals surface area (Å²) in [7, 11) is 0. The van der Waals surface area contributed by atoms with Crippen LogP contribution in [0.2, 0.25) is 5.02 Å². The first-order valence-electron chi connectivity index (χ1n) is 8.48. The van der Waals surface area contributed by atoms with Gasteiger partial charge in [-0.3, -0.25) is 0 Å². The summed E-state index contributed by atoms with van der Waals surface area (Å²) in [6, 6.07) is 5.31. The van der Waals surface area contributed by atoms with Gasteiger partial charge in [-0.05, 0) is 66.9 Å². The minimum atomic E-state index is -4.85. The molecule has 1 aliphatic heterocycles. The van der Waals surface area contributed by atoms with E-state index < -0.39 is 23.5 Å². The van der Waals surface area contributed by atoms with Crippen LogP contribution < -0.4 is 5.32 Å². The van der Waals surface area contributed by atoms with Crippen LogP contribution in [0.1, 0.15) is 27.8 Å². The third-order valence-corrected chi connectivity index (χ3v) is 6.12. The third kappa shape index (κ3) is 4.96. The molecule has 28 heavy (non-hydrogen) atoms. The second-order valence-electron chi connectivity index (χ2n) is 6.47. The van der Waals surface area contributed by atoms with Crippen molar-refractivity contribution in [2.24, 2.45) is 0 Å². The maximum absolute atomic E-state index is 13.0. The highest BCUT2D eigenvalue weighted by Gasteiger charge is 2.36. The van der Waals surface area contributed by atoms with E-state index in [0.29, 0.717) is 16.3 Å². The second-order valence-corrected chi connectivity index (χ2v) is 7.86. The van der Waals surface area contributed by atoms with Gasteiger partial charge in [-0.1, -0.05) is 17.7 Å². The zero-order valence-electron chi connectivity index (χ0n) is 14.5. The Morgan fingerprint density at radius 1 is 0.893 bits per heavy atom. The maximum Gasteiger partial charge on any atom is 0.416 e. The Morgan fingerprint density at radius 2 is 1.50 bits per heavy atom. The van der Waals surface area contributed by atoms with Gasteiger partial charge in [0.25, 0.3) is 0 Å². The fraction of sp³-hybridized carbons (Fsp3) is 0.368. The highest BCUT2D eigenvalue weighted by molar-refractivity contribution is 7.98. The van der Waals surface area contributed by atoms with Crippen molar-refractivity contribution in [3.05, 3.63) is 63.2 Å². The summed E-state index contributed by atoms with van der Waals surface area (Å²) in [5.74, 6) is -0.0450. The van der Waals surface area contributed by atoms with Crippen LogP contribution >= 0.6 is 23.4 Å². The largest absolute Gasteiger partial charge is 0.416 e. The number of fused-ring (bicyclic) bond motifs is 1. The molecule has 2 aromatic carbocycles. The van der Waals surface area contributed by atoms with Crippen molar-refractivity contribution in [3.8, 4) is 0 Å². The molecule has 0 saturated carbocycles. The van der Waals surface area contributed by atoms with E-state index >= 15 is 0 Å².